The summed E-state index contributed by atoms with van der Waals surface area (Å²) in [6.45, 7) is 0. The number of halogens is 1. The third-order valence-corrected chi connectivity index (χ3v) is 7.77. The van der Waals surface area contributed by atoms with E-state index in [0.717, 1.165) is 6.42 Å². The zero-order valence-corrected chi connectivity index (χ0v) is 10.7. The quantitative estimate of drug-likeness (QED) is 0.772. The van der Waals surface area contributed by atoms with Crippen LogP contribution in [-0.2, 0) is 9.84 Å². The molecule has 4 bridgehead atoms. The Bertz CT molecular complexity index is 568. The largest absolute Gasteiger partial charge is 0.223 e. The summed E-state index contributed by atoms with van der Waals surface area (Å²) in [5.74, 6) is 1.64. The lowest BCUT2D eigenvalue weighted by Gasteiger charge is -2.17. The topological polar surface area (TPSA) is 34.1 Å². The molecule has 0 heterocycles. The fourth-order valence-electron chi connectivity index (χ4n) is 4.19. The minimum absolute atomic E-state index is 0.105. The van der Waals surface area contributed by atoms with E-state index in [2.05, 4.69) is 0 Å². The number of rotatable bonds is 2. The van der Waals surface area contributed by atoms with Gasteiger partial charge in [0.05, 0.1) is 10.1 Å². The molecule has 1 aromatic rings. The molecule has 4 fully saturated rings. The standard InChI is InChI=1S/C13H13ClO2S/c14-12-9-6-8-10(12)11(8)13(9)17(15,16)7-4-2-1-3-5-7/h1-5,8-13H,6H2/t8-,9-,10+,11-,12-,13+/m0/s1. The Morgan fingerprint density at radius 1 is 1.06 bits per heavy atom. The van der Waals surface area contributed by atoms with E-state index in [1.807, 2.05) is 6.07 Å². The van der Waals surface area contributed by atoms with Crippen molar-refractivity contribution in [2.24, 2.45) is 23.7 Å². The van der Waals surface area contributed by atoms with Crippen LogP contribution in [-0.4, -0.2) is 19.0 Å². The summed E-state index contributed by atoms with van der Waals surface area (Å²) in [6.07, 6.45) is 1.03. The minimum Gasteiger partial charge on any atom is -0.223 e. The molecule has 4 aliphatic rings. The van der Waals surface area contributed by atoms with Crippen LogP contribution in [0.2, 0.25) is 0 Å². The van der Waals surface area contributed by atoms with E-state index < -0.39 is 9.84 Å². The van der Waals surface area contributed by atoms with Crippen molar-refractivity contribution in [2.45, 2.75) is 21.9 Å². The number of sulfone groups is 1. The normalized spacial score (nSPS) is 46.2. The molecular formula is C13H13ClO2S. The highest BCUT2D eigenvalue weighted by Crippen LogP contribution is 2.73. The number of alkyl halides is 1. The highest BCUT2D eigenvalue weighted by atomic mass is 35.5. The van der Waals surface area contributed by atoms with Crippen molar-refractivity contribution >= 4 is 21.4 Å². The lowest BCUT2D eigenvalue weighted by Crippen LogP contribution is -2.27. The summed E-state index contributed by atoms with van der Waals surface area (Å²) in [7, 11) is -3.17. The average molecular weight is 269 g/mol. The van der Waals surface area contributed by atoms with Gasteiger partial charge in [0.15, 0.2) is 9.84 Å². The van der Waals surface area contributed by atoms with Crippen molar-refractivity contribution in [3.63, 3.8) is 0 Å². The first-order valence-electron chi connectivity index (χ1n) is 6.05. The van der Waals surface area contributed by atoms with Crippen LogP contribution in [0.15, 0.2) is 35.2 Å². The Hall–Kier alpha value is -0.540. The maximum Gasteiger partial charge on any atom is 0.181 e. The van der Waals surface area contributed by atoms with E-state index in [9.17, 15) is 8.42 Å². The van der Waals surface area contributed by atoms with Gasteiger partial charge in [-0.05, 0) is 42.2 Å². The molecule has 2 nitrogen and oxygen atoms in total. The highest BCUT2D eigenvalue weighted by molar-refractivity contribution is 7.92. The summed E-state index contributed by atoms with van der Waals surface area (Å²) in [5, 5.41) is -0.101. The van der Waals surface area contributed by atoms with E-state index in [-0.39, 0.29) is 16.5 Å². The van der Waals surface area contributed by atoms with E-state index >= 15 is 0 Å². The number of hydrogen-bond acceptors (Lipinski definition) is 2. The Morgan fingerprint density at radius 3 is 2.24 bits per heavy atom. The van der Waals surface area contributed by atoms with Gasteiger partial charge in [-0.15, -0.1) is 11.6 Å². The average Bonchev–Trinajstić information content (AvgIpc) is 2.64. The third-order valence-electron chi connectivity index (χ3n) is 4.84. The first kappa shape index (κ1) is 10.4. The summed E-state index contributed by atoms with van der Waals surface area (Å²) in [4.78, 5) is 0.465. The van der Waals surface area contributed by atoms with Crippen LogP contribution in [0, 0.1) is 23.7 Å². The van der Waals surface area contributed by atoms with Crippen molar-refractivity contribution in [3.8, 4) is 0 Å². The zero-order valence-electron chi connectivity index (χ0n) is 9.16. The maximum atomic E-state index is 12.6. The molecule has 0 spiro atoms. The molecule has 0 N–H and O–H groups in total. The molecule has 0 aliphatic heterocycles. The van der Waals surface area contributed by atoms with Crippen LogP contribution in [0.1, 0.15) is 6.42 Å². The molecule has 0 radical (unpaired) electrons. The van der Waals surface area contributed by atoms with E-state index in [1.54, 1.807) is 24.3 Å². The summed E-state index contributed by atoms with van der Waals surface area (Å²) in [6, 6.07) is 8.82. The van der Waals surface area contributed by atoms with Gasteiger partial charge in [0.1, 0.15) is 0 Å². The Kier molecular flexibility index (Phi) is 1.87. The Labute approximate surface area is 106 Å². The second-order valence-corrected chi connectivity index (χ2v) is 8.09. The first-order chi connectivity index (χ1) is 8.12. The molecule has 4 saturated carbocycles. The van der Waals surface area contributed by atoms with Crippen molar-refractivity contribution in [1.82, 2.24) is 0 Å². The van der Waals surface area contributed by atoms with Gasteiger partial charge in [-0.1, -0.05) is 18.2 Å². The van der Waals surface area contributed by atoms with Crippen molar-refractivity contribution < 1.29 is 8.42 Å². The van der Waals surface area contributed by atoms with Crippen LogP contribution in [0.3, 0.4) is 0 Å². The lowest BCUT2D eigenvalue weighted by molar-refractivity contribution is 0.544. The van der Waals surface area contributed by atoms with Crippen LogP contribution in [0.4, 0.5) is 0 Å². The lowest BCUT2D eigenvalue weighted by atomic mass is 10.1. The van der Waals surface area contributed by atoms with Gasteiger partial charge in [0, 0.05) is 5.38 Å². The second-order valence-electron chi connectivity index (χ2n) is 5.49. The van der Waals surface area contributed by atoms with E-state index in [4.69, 9.17) is 11.6 Å². The fraction of sp³-hybridized carbons (Fsp3) is 0.538. The van der Waals surface area contributed by atoms with Crippen LogP contribution < -0.4 is 0 Å². The van der Waals surface area contributed by atoms with Gasteiger partial charge in [0.25, 0.3) is 0 Å². The van der Waals surface area contributed by atoms with Gasteiger partial charge in [-0.2, -0.15) is 0 Å². The minimum atomic E-state index is -3.17. The predicted molar refractivity (Wildman–Crippen MR) is 65.6 cm³/mol. The zero-order chi connectivity index (χ0) is 11.8. The molecule has 0 saturated heterocycles. The molecule has 4 aliphatic carbocycles. The summed E-state index contributed by atoms with van der Waals surface area (Å²) in [5.41, 5.74) is 0. The molecule has 4 heteroatoms. The van der Waals surface area contributed by atoms with E-state index in [0.29, 0.717) is 22.6 Å². The highest BCUT2D eigenvalue weighted by Gasteiger charge is 2.76. The first-order valence-corrected chi connectivity index (χ1v) is 8.03. The Balaban J connectivity index is 1.78. The maximum absolute atomic E-state index is 12.6. The van der Waals surface area contributed by atoms with Gasteiger partial charge in [0.2, 0.25) is 0 Å². The molecular weight excluding hydrogens is 256 g/mol. The number of hydrogen-bond donors (Lipinski definition) is 0. The van der Waals surface area contributed by atoms with Gasteiger partial charge < -0.3 is 0 Å². The van der Waals surface area contributed by atoms with Crippen molar-refractivity contribution in [3.05, 3.63) is 30.3 Å². The molecule has 5 rings (SSSR count). The molecule has 0 amide bonds. The van der Waals surface area contributed by atoms with Crippen LogP contribution in [0.5, 0.6) is 0 Å². The van der Waals surface area contributed by atoms with Crippen molar-refractivity contribution in [2.75, 3.05) is 0 Å². The van der Waals surface area contributed by atoms with Gasteiger partial charge in [-0.25, -0.2) is 8.42 Å². The molecule has 0 unspecified atom stereocenters. The third kappa shape index (κ3) is 1.14. The number of benzene rings is 1. The smallest absolute Gasteiger partial charge is 0.181 e. The molecule has 6 atom stereocenters. The molecule has 90 valence electrons. The van der Waals surface area contributed by atoms with Crippen molar-refractivity contribution in [1.29, 1.82) is 0 Å². The van der Waals surface area contributed by atoms with Gasteiger partial charge >= 0.3 is 0 Å². The van der Waals surface area contributed by atoms with E-state index in [1.165, 1.54) is 0 Å². The molecule has 0 aromatic heterocycles. The Morgan fingerprint density at radius 2 is 1.76 bits per heavy atom. The predicted octanol–water partition coefficient (Wildman–Crippen LogP) is 2.33. The molecule has 17 heavy (non-hydrogen) atoms. The van der Waals surface area contributed by atoms with Crippen LogP contribution in [0.25, 0.3) is 0 Å². The summed E-state index contributed by atoms with van der Waals surface area (Å²) >= 11 is 6.32. The summed E-state index contributed by atoms with van der Waals surface area (Å²) < 4.78 is 25.2. The van der Waals surface area contributed by atoms with Crippen LogP contribution >= 0.6 is 11.6 Å². The molecule has 1 aromatic carbocycles. The fourth-order valence-corrected chi connectivity index (χ4v) is 7.28. The monoisotopic (exact) mass is 268 g/mol. The second kappa shape index (κ2) is 3.07. The SMILES string of the molecule is O=S(=O)(c1ccccc1)[C@@H]1[C@H]2C[C@H]3[C@@H]([C@H]2Cl)[C@H]31. The van der Waals surface area contributed by atoms with Gasteiger partial charge in [-0.3, -0.25) is 0 Å².